The fourth-order valence-corrected chi connectivity index (χ4v) is 10.1. The molecule has 1 aromatic rings. The maximum atomic E-state index is 12.9. The van der Waals surface area contributed by atoms with Crippen LogP contribution >= 0.6 is 15.9 Å². The third-order valence-electron chi connectivity index (χ3n) is 11.8. The van der Waals surface area contributed by atoms with E-state index in [0.29, 0.717) is 9.90 Å². The molecule has 0 N–H and O–H groups in total. The molecule has 0 aliphatic heterocycles. The molecule has 1 aromatic carbocycles. The Labute approximate surface area is 246 Å². The Kier molecular flexibility index (Phi) is 8.87. The van der Waals surface area contributed by atoms with Crippen LogP contribution in [0.3, 0.4) is 0 Å². The molecule has 39 heavy (non-hydrogen) atoms. The summed E-state index contributed by atoms with van der Waals surface area (Å²) in [4.78, 5) is 12.9. The zero-order valence-corrected chi connectivity index (χ0v) is 26.6. The Bertz CT molecular complexity index is 1070. The predicted octanol–water partition coefficient (Wildman–Crippen LogP) is 10.4. The monoisotopic (exact) mass is 594 g/mol. The minimum atomic E-state index is -0.241. The summed E-state index contributed by atoms with van der Waals surface area (Å²) in [5, 5.41) is 0. The van der Waals surface area contributed by atoms with Crippen molar-refractivity contribution in [3.8, 4) is 0 Å². The summed E-state index contributed by atoms with van der Waals surface area (Å²) in [6.07, 6.45) is 18.6. The number of rotatable bonds is 8. The van der Waals surface area contributed by atoms with E-state index in [1.165, 1.54) is 51.4 Å². The molecule has 0 unspecified atom stereocenters. The highest BCUT2D eigenvalue weighted by Crippen LogP contribution is 2.67. The lowest BCUT2D eigenvalue weighted by atomic mass is 9.47. The van der Waals surface area contributed by atoms with Gasteiger partial charge in [-0.05, 0) is 119 Å². The summed E-state index contributed by atoms with van der Waals surface area (Å²) >= 11 is 3.47. The number of esters is 1. The first-order valence-electron chi connectivity index (χ1n) is 15.9. The molecule has 0 heterocycles. The van der Waals surface area contributed by atoms with Gasteiger partial charge < -0.3 is 4.74 Å². The Morgan fingerprint density at radius 1 is 1.03 bits per heavy atom. The molecule has 0 radical (unpaired) electrons. The summed E-state index contributed by atoms with van der Waals surface area (Å²) in [7, 11) is 0. The van der Waals surface area contributed by atoms with Gasteiger partial charge in [0.25, 0.3) is 0 Å². The zero-order chi connectivity index (χ0) is 27.8. The Morgan fingerprint density at radius 3 is 2.54 bits per heavy atom. The van der Waals surface area contributed by atoms with Crippen LogP contribution in [-0.4, -0.2) is 12.1 Å². The van der Waals surface area contributed by atoms with Crippen LogP contribution < -0.4 is 0 Å². The molecule has 3 fully saturated rings. The number of allylic oxidation sites excluding steroid dienone is 1. The smallest absolute Gasteiger partial charge is 0.345 e. The quantitative estimate of drug-likeness (QED) is 0.170. The molecule has 3 saturated carbocycles. The van der Waals surface area contributed by atoms with Gasteiger partial charge in [0.05, 0.1) is 0 Å². The maximum Gasteiger partial charge on any atom is 0.345 e. The van der Waals surface area contributed by atoms with Crippen molar-refractivity contribution in [1.29, 1.82) is 0 Å². The summed E-state index contributed by atoms with van der Waals surface area (Å²) in [6, 6.07) is 9.95. The van der Waals surface area contributed by atoms with Crippen molar-refractivity contribution in [1.82, 2.24) is 0 Å². The minimum absolute atomic E-state index is 0.0125. The number of hydrogen-bond donors (Lipinski definition) is 0. The molecule has 2 nitrogen and oxygen atoms in total. The highest BCUT2D eigenvalue weighted by atomic mass is 79.9. The molecule has 4 aliphatic rings. The van der Waals surface area contributed by atoms with Crippen LogP contribution in [0.2, 0.25) is 0 Å². The van der Waals surface area contributed by atoms with E-state index in [4.69, 9.17) is 4.74 Å². The van der Waals surface area contributed by atoms with Crippen LogP contribution in [0.5, 0.6) is 0 Å². The SMILES string of the molecule is CC(C)CCC[C@H](C)[C@@H]1CC[C@@H]2[C@H]3CC=C4C[C@@H](OC(=O)/C(Br)=C/c5ccccc5)CC[C@]4(C)[C@@H]3CC[C@@]21C. The van der Waals surface area contributed by atoms with Crippen molar-refractivity contribution in [2.24, 2.45) is 46.3 Å². The van der Waals surface area contributed by atoms with Gasteiger partial charge in [-0.3, -0.25) is 0 Å². The number of halogens is 1. The molecular formula is C36H51BrO2. The van der Waals surface area contributed by atoms with Gasteiger partial charge in [0.15, 0.2) is 0 Å². The number of hydrogen-bond acceptors (Lipinski definition) is 2. The van der Waals surface area contributed by atoms with Gasteiger partial charge >= 0.3 is 5.97 Å². The second-order valence-electron chi connectivity index (χ2n) is 14.5. The average molecular weight is 596 g/mol. The van der Waals surface area contributed by atoms with Crippen LogP contribution in [0, 0.1) is 46.3 Å². The van der Waals surface area contributed by atoms with E-state index in [1.54, 1.807) is 5.57 Å². The van der Waals surface area contributed by atoms with E-state index < -0.39 is 0 Å². The van der Waals surface area contributed by atoms with E-state index in [2.05, 4.69) is 56.6 Å². The lowest BCUT2D eigenvalue weighted by Crippen LogP contribution is -2.51. The fourth-order valence-electron chi connectivity index (χ4n) is 9.71. The van der Waals surface area contributed by atoms with Gasteiger partial charge in [-0.1, -0.05) is 95.9 Å². The minimum Gasteiger partial charge on any atom is -0.458 e. The average Bonchev–Trinajstić information content (AvgIpc) is 3.26. The number of benzene rings is 1. The van der Waals surface area contributed by atoms with E-state index in [-0.39, 0.29) is 17.5 Å². The topological polar surface area (TPSA) is 26.3 Å². The van der Waals surface area contributed by atoms with Gasteiger partial charge in [0.1, 0.15) is 10.6 Å². The Hall–Kier alpha value is -1.35. The van der Waals surface area contributed by atoms with Crippen molar-refractivity contribution in [3.63, 3.8) is 0 Å². The summed E-state index contributed by atoms with van der Waals surface area (Å²) < 4.78 is 6.53. The standard InChI is InChI=1S/C36H51BrO2/c1-24(2)10-9-11-25(3)30-16-17-31-29-15-14-27-23-28(18-20-35(27,4)32(29)19-21-36(30,31)5)39-34(38)33(37)22-26-12-7-6-8-13-26/h6-8,12-14,22,24-25,28-32H,9-11,15-21,23H2,1-5H3/b33-22-/t25-,28-,29+,30-,31+,32+,35-,36+/m0/s1. The number of carbonyl (C=O) groups excluding carboxylic acids is 1. The first-order chi connectivity index (χ1) is 18.6. The molecule has 3 heteroatoms. The lowest BCUT2D eigenvalue weighted by molar-refractivity contribution is -0.145. The highest BCUT2D eigenvalue weighted by Gasteiger charge is 2.59. The molecule has 8 atom stereocenters. The van der Waals surface area contributed by atoms with E-state index >= 15 is 0 Å². The largest absolute Gasteiger partial charge is 0.458 e. The van der Waals surface area contributed by atoms with Crippen LogP contribution in [0.15, 0.2) is 46.5 Å². The Morgan fingerprint density at radius 2 is 1.79 bits per heavy atom. The Balaban J connectivity index is 1.23. The summed E-state index contributed by atoms with van der Waals surface area (Å²) in [6.45, 7) is 12.5. The maximum absolute atomic E-state index is 12.9. The fraction of sp³-hybridized carbons (Fsp3) is 0.694. The van der Waals surface area contributed by atoms with Gasteiger partial charge in [-0.15, -0.1) is 0 Å². The van der Waals surface area contributed by atoms with Gasteiger partial charge in [0, 0.05) is 6.42 Å². The van der Waals surface area contributed by atoms with Crippen LogP contribution in [0.1, 0.15) is 111 Å². The lowest BCUT2D eigenvalue weighted by Gasteiger charge is -2.58. The normalized spacial score (nSPS) is 36.9. The van der Waals surface area contributed by atoms with E-state index in [1.807, 2.05) is 36.4 Å². The van der Waals surface area contributed by atoms with Crippen LogP contribution in [0.4, 0.5) is 0 Å². The molecule has 4 aliphatic carbocycles. The summed E-state index contributed by atoms with van der Waals surface area (Å²) in [5.74, 6) is 4.88. The number of fused-ring (bicyclic) bond motifs is 5. The van der Waals surface area contributed by atoms with Crippen molar-refractivity contribution < 1.29 is 9.53 Å². The third kappa shape index (κ3) is 5.86. The zero-order valence-electron chi connectivity index (χ0n) is 25.1. The van der Waals surface area contributed by atoms with Crippen molar-refractivity contribution in [2.45, 2.75) is 111 Å². The number of ether oxygens (including phenoxy) is 1. The molecule has 0 aromatic heterocycles. The molecule has 214 valence electrons. The third-order valence-corrected chi connectivity index (χ3v) is 12.4. The van der Waals surface area contributed by atoms with Crippen LogP contribution in [0.25, 0.3) is 6.08 Å². The highest BCUT2D eigenvalue weighted by molar-refractivity contribution is 9.12. The van der Waals surface area contributed by atoms with E-state index in [9.17, 15) is 4.79 Å². The van der Waals surface area contributed by atoms with Crippen molar-refractivity contribution in [3.05, 3.63) is 52.0 Å². The molecular weight excluding hydrogens is 544 g/mol. The first-order valence-corrected chi connectivity index (χ1v) is 16.7. The first kappa shape index (κ1) is 29.2. The molecule has 0 amide bonds. The number of carbonyl (C=O) groups is 1. The van der Waals surface area contributed by atoms with Crippen LogP contribution in [-0.2, 0) is 9.53 Å². The molecule has 0 bridgehead atoms. The van der Waals surface area contributed by atoms with Crippen molar-refractivity contribution in [2.75, 3.05) is 0 Å². The van der Waals surface area contributed by atoms with Gasteiger partial charge in [0.2, 0.25) is 0 Å². The molecule has 0 saturated heterocycles. The molecule has 0 spiro atoms. The molecule has 5 rings (SSSR count). The summed E-state index contributed by atoms with van der Waals surface area (Å²) in [5.41, 5.74) is 3.40. The van der Waals surface area contributed by atoms with Gasteiger partial charge in [-0.2, -0.15) is 0 Å². The predicted molar refractivity (Wildman–Crippen MR) is 166 cm³/mol. The second-order valence-corrected chi connectivity index (χ2v) is 15.3. The second kappa shape index (κ2) is 11.9. The van der Waals surface area contributed by atoms with Gasteiger partial charge in [-0.25, -0.2) is 4.79 Å². The van der Waals surface area contributed by atoms with Crippen molar-refractivity contribution >= 4 is 28.0 Å². The van der Waals surface area contributed by atoms with E-state index in [0.717, 1.165) is 60.3 Å².